The number of benzene rings is 3. The highest BCUT2D eigenvalue weighted by Crippen LogP contribution is 2.39. The van der Waals surface area contributed by atoms with E-state index in [1.807, 2.05) is 0 Å². The van der Waals surface area contributed by atoms with Gasteiger partial charge in [-0.05, 0) is 48.1 Å². The molecule has 0 bridgehead atoms. The molecule has 1 fully saturated rings. The number of alkyl halides is 2. The molecule has 186 valence electrons. The van der Waals surface area contributed by atoms with Crippen LogP contribution in [-0.4, -0.2) is 6.10 Å². The summed E-state index contributed by atoms with van der Waals surface area (Å²) in [4.78, 5) is 0. The SMILES string of the molecule is CCCC1CCC(c2ccc(-c3cc(F)c(C(F)(F)Oc4cc(F)c(F)c(F)c4)c(F)c3)cc2)O1. The topological polar surface area (TPSA) is 18.5 Å². The van der Waals surface area contributed by atoms with E-state index in [9.17, 15) is 30.7 Å². The maximum Gasteiger partial charge on any atom is 0.432 e. The van der Waals surface area contributed by atoms with E-state index in [4.69, 9.17) is 4.74 Å². The number of ether oxygens (including phenoxy) is 2. The Labute approximate surface area is 197 Å². The van der Waals surface area contributed by atoms with Crippen LogP contribution in [-0.2, 0) is 10.8 Å². The summed E-state index contributed by atoms with van der Waals surface area (Å²) in [5.41, 5.74) is -0.456. The van der Waals surface area contributed by atoms with Gasteiger partial charge in [-0.3, -0.25) is 0 Å². The van der Waals surface area contributed by atoms with E-state index in [2.05, 4.69) is 11.7 Å². The highest BCUT2D eigenvalue weighted by molar-refractivity contribution is 5.64. The molecule has 3 aromatic carbocycles. The minimum absolute atomic E-state index is 0.00108. The summed E-state index contributed by atoms with van der Waals surface area (Å²) in [5, 5.41) is 0. The van der Waals surface area contributed by atoms with E-state index in [0.29, 0.717) is 17.7 Å². The van der Waals surface area contributed by atoms with Gasteiger partial charge in [0.2, 0.25) is 0 Å². The molecule has 2 nitrogen and oxygen atoms in total. The van der Waals surface area contributed by atoms with Crippen LogP contribution in [0.15, 0.2) is 48.5 Å². The molecule has 0 saturated carbocycles. The molecular weight excluding hydrogens is 477 g/mol. The second-order valence-electron chi connectivity index (χ2n) is 8.37. The zero-order chi connectivity index (χ0) is 25.3. The lowest BCUT2D eigenvalue weighted by Gasteiger charge is -2.20. The quantitative estimate of drug-likeness (QED) is 0.242. The van der Waals surface area contributed by atoms with Gasteiger partial charge in [0.1, 0.15) is 22.9 Å². The average Bonchev–Trinajstić information content (AvgIpc) is 3.25. The largest absolute Gasteiger partial charge is 0.432 e. The average molecular weight is 498 g/mol. The number of hydrogen-bond donors (Lipinski definition) is 0. The third-order valence-corrected chi connectivity index (χ3v) is 5.87. The Morgan fingerprint density at radius 1 is 0.829 bits per heavy atom. The van der Waals surface area contributed by atoms with Crippen molar-refractivity contribution in [3.05, 3.63) is 88.7 Å². The predicted molar refractivity (Wildman–Crippen MR) is 114 cm³/mol. The molecule has 2 atom stereocenters. The van der Waals surface area contributed by atoms with Crippen molar-refractivity contribution in [3.63, 3.8) is 0 Å². The summed E-state index contributed by atoms with van der Waals surface area (Å²) in [6, 6.07) is 8.45. The van der Waals surface area contributed by atoms with Crippen molar-refractivity contribution in [2.45, 2.75) is 50.9 Å². The molecule has 1 aliphatic rings. The van der Waals surface area contributed by atoms with Gasteiger partial charge >= 0.3 is 6.11 Å². The lowest BCUT2D eigenvalue weighted by molar-refractivity contribution is -0.189. The summed E-state index contributed by atoms with van der Waals surface area (Å²) >= 11 is 0. The molecule has 1 saturated heterocycles. The Kier molecular flexibility index (Phi) is 7.07. The molecule has 1 aliphatic heterocycles. The van der Waals surface area contributed by atoms with Gasteiger partial charge in [0, 0.05) is 12.1 Å². The van der Waals surface area contributed by atoms with Gasteiger partial charge in [-0.1, -0.05) is 37.6 Å². The Morgan fingerprint density at radius 3 is 2.00 bits per heavy atom. The summed E-state index contributed by atoms with van der Waals surface area (Å²) < 4.78 is 108. The van der Waals surface area contributed by atoms with Gasteiger partial charge in [-0.25, -0.2) is 22.0 Å². The Balaban J connectivity index is 1.55. The third kappa shape index (κ3) is 5.29. The van der Waals surface area contributed by atoms with Crippen LogP contribution in [0.25, 0.3) is 11.1 Å². The molecule has 3 aromatic rings. The van der Waals surface area contributed by atoms with E-state index in [-0.39, 0.29) is 29.9 Å². The Bertz CT molecular complexity index is 1160. The highest BCUT2D eigenvalue weighted by Gasteiger charge is 2.41. The Hall–Kier alpha value is -3.07. The lowest BCUT2D eigenvalue weighted by Crippen LogP contribution is -2.25. The minimum atomic E-state index is -4.64. The van der Waals surface area contributed by atoms with Crippen LogP contribution in [0.5, 0.6) is 5.75 Å². The molecule has 35 heavy (non-hydrogen) atoms. The van der Waals surface area contributed by atoms with E-state index in [1.54, 1.807) is 24.3 Å². The fraction of sp³-hybridized carbons (Fsp3) is 0.308. The molecule has 0 amide bonds. The van der Waals surface area contributed by atoms with Crippen LogP contribution in [0.1, 0.15) is 49.8 Å². The zero-order valence-corrected chi connectivity index (χ0v) is 18.6. The first-order valence-electron chi connectivity index (χ1n) is 11.1. The fourth-order valence-electron chi connectivity index (χ4n) is 4.18. The van der Waals surface area contributed by atoms with Crippen molar-refractivity contribution >= 4 is 0 Å². The summed E-state index contributed by atoms with van der Waals surface area (Å²) in [5.74, 6) is -9.87. The molecule has 0 aromatic heterocycles. The van der Waals surface area contributed by atoms with Crippen LogP contribution in [0.3, 0.4) is 0 Å². The smallest absolute Gasteiger partial charge is 0.429 e. The first kappa shape index (κ1) is 25.0. The first-order valence-corrected chi connectivity index (χ1v) is 11.1. The van der Waals surface area contributed by atoms with E-state index >= 15 is 0 Å². The lowest BCUT2D eigenvalue weighted by atomic mass is 9.99. The van der Waals surface area contributed by atoms with Crippen molar-refractivity contribution in [1.82, 2.24) is 0 Å². The van der Waals surface area contributed by atoms with Crippen LogP contribution in [0.4, 0.5) is 30.7 Å². The molecule has 0 radical (unpaired) electrons. The van der Waals surface area contributed by atoms with Gasteiger partial charge in [-0.2, -0.15) is 8.78 Å². The van der Waals surface area contributed by atoms with Gasteiger partial charge in [0.15, 0.2) is 17.5 Å². The number of rotatable bonds is 7. The third-order valence-electron chi connectivity index (χ3n) is 5.87. The van der Waals surface area contributed by atoms with Gasteiger partial charge in [0.05, 0.1) is 12.2 Å². The highest BCUT2D eigenvalue weighted by atomic mass is 19.3. The van der Waals surface area contributed by atoms with Crippen molar-refractivity contribution in [1.29, 1.82) is 0 Å². The first-order chi connectivity index (χ1) is 16.6. The molecule has 0 spiro atoms. The summed E-state index contributed by atoms with van der Waals surface area (Å²) in [7, 11) is 0. The van der Waals surface area contributed by atoms with E-state index in [0.717, 1.165) is 31.2 Å². The van der Waals surface area contributed by atoms with E-state index in [1.165, 1.54) is 0 Å². The maximum atomic E-state index is 14.6. The Morgan fingerprint density at radius 2 is 1.43 bits per heavy atom. The van der Waals surface area contributed by atoms with Gasteiger partial charge < -0.3 is 9.47 Å². The van der Waals surface area contributed by atoms with Crippen molar-refractivity contribution in [2.75, 3.05) is 0 Å². The van der Waals surface area contributed by atoms with E-state index < -0.39 is 46.5 Å². The van der Waals surface area contributed by atoms with Crippen molar-refractivity contribution in [2.24, 2.45) is 0 Å². The van der Waals surface area contributed by atoms with Crippen molar-refractivity contribution < 1.29 is 40.2 Å². The molecule has 2 unspecified atom stereocenters. The fourth-order valence-corrected chi connectivity index (χ4v) is 4.18. The molecular formula is C26H21F7O2. The van der Waals surface area contributed by atoms with Crippen LogP contribution in [0.2, 0.25) is 0 Å². The molecule has 4 rings (SSSR count). The molecule has 0 aliphatic carbocycles. The van der Waals surface area contributed by atoms with Crippen LogP contribution in [0, 0.1) is 29.1 Å². The maximum absolute atomic E-state index is 14.6. The van der Waals surface area contributed by atoms with Gasteiger partial charge in [0.25, 0.3) is 0 Å². The van der Waals surface area contributed by atoms with Crippen LogP contribution >= 0.6 is 0 Å². The van der Waals surface area contributed by atoms with Gasteiger partial charge in [-0.15, -0.1) is 0 Å². The second kappa shape index (κ2) is 9.89. The second-order valence-corrected chi connectivity index (χ2v) is 8.37. The molecule has 9 heteroatoms. The summed E-state index contributed by atoms with van der Waals surface area (Å²) in [6.45, 7) is 2.08. The number of hydrogen-bond acceptors (Lipinski definition) is 2. The normalized spacial score (nSPS) is 18.2. The molecule has 0 N–H and O–H groups in total. The zero-order valence-electron chi connectivity index (χ0n) is 18.6. The summed E-state index contributed by atoms with van der Waals surface area (Å²) in [6.07, 6.45) is -0.711. The van der Waals surface area contributed by atoms with Crippen molar-refractivity contribution in [3.8, 4) is 16.9 Å². The minimum Gasteiger partial charge on any atom is -0.429 e. The number of halogens is 7. The van der Waals surface area contributed by atoms with Crippen LogP contribution < -0.4 is 4.74 Å². The standard InChI is InChI=1S/C26H21F7O2/c1-2-3-17-8-9-23(34-17)15-6-4-14(5-7-15)16-10-19(27)24(20(28)11-16)26(32,33)35-18-12-21(29)25(31)22(30)13-18/h4-7,10-13,17,23H,2-3,8-9H2,1H3. The monoisotopic (exact) mass is 498 g/mol. The predicted octanol–water partition coefficient (Wildman–Crippen LogP) is 8.20. The molecule has 1 heterocycles.